The van der Waals surface area contributed by atoms with Crippen molar-refractivity contribution in [2.75, 3.05) is 6.61 Å². The fraction of sp³-hybridized carbons (Fsp3) is 0.824. The van der Waals surface area contributed by atoms with E-state index in [1.54, 1.807) is 0 Å². The van der Waals surface area contributed by atoms with Crippen LogP contribution in [0.1, 0.15) is 77.6 Å². The number of hydrogen-bond donors (Lipinski definition) is 0. The van der Waals surface area contributed by atoms with Gasteiger partial charge in [-0.3, -0.25) is 4.79 Å². The van der Waals surface area contributed by atoms with E-state index >= 15 is 0 Å². The van der Waals surface area contributed by atoms with Gasteiger partial charge in [-0.2, -0.15) is 0 Å². The lowest BCUT2D eigenvalue weighted by molar-refractivity contribution is -0.151. The minimum atomic E-state index is 0.0424. The van der Waals surface area contributed by atoms with Gasteiger partial charge in [0.2, 0.25) is 0 Å². The summed E-state index contributed by atoms with van der Waals surface area (Å²) in [7, 11) is 0. The van der Waals surface area contributed by atoms with Crippen molar-refractivity contribution in [3.63, 3.8) is 0 Å². The van der Waals surface area contributed by atoms with Crippen molar-refractivity contribution >= 4 is 5.97 Å². The minimum absolute atomic E-state index is 0.0424. The highest BCUT2D eigenvalue weighted by Crippen LogP contribution is 2.27. The molecule has 0 radical (unpaired) electrons. The molecule has 1 aliphatic rings. The lowest BCUT2D eigenvalue weighted by Gasteiger charge is -2.22. The molecule has 2 nitrogen and oxygen atoms in total. The maximum Gasteiger partial charge on any atom is 0.308 e. The van der Waals surface area contributed by atoms with Crippen LogP contribution in [0.5, 0.6) is 0 Å². The van der Waals surface area contributed by atoms with Crippen LogP contribution < -0.4 is 0 Å². The third-order valence-corrected chi connectivity index (χ3v) is 3.68. The Labute approximate surface area is 118 Å². The third-order valence-electron chi connectivity index (χ3n) is 3.68. The van der Waals surface area contributed by atoms with Gasteiger partial charge in [-0.25, -0.2) is 0 Å². The molecule has 0 amide bonds. The van der Waals surface area contributed by atoms with Crippen LogP contribution in [0.15, 0.2) is 0 Å². The fourth-order valence-corrected chi connectivity index (χ4v) is 2.17. The maximum absolute atomic E-state index is 11.5. The first-order valence-corrected chi connectivity index (χ1v) is 7.97. The molecule has 0 aromatic rings. The van der Waals surface area contributed by atoms with Crippen molar-refractivity contribution in [2.45, 2.75) is 77.6 Å². The molecule has 1 rings (SSSR count). The molecule has 0 unspecified atom stereocenters. The number of rotatable bonds is 9. The first-order valence-electron chi connectivity index (χ1n) is 7.97. The van der Waals surface area contributed by atoms with Crippen LogP contribution in [0.2, 0.25) is 0 Å². The van der Waals surface area contributed by atoms with Crippen molar-refractivity contribution in [2.24, 2.45) is 5.92 Å². The smallest absolute Gasteiger partial charge is 0.308 e. The average Bonchev–Trinajstić information content (AvgIpc) is 2.34. The molecule has 19 heavy (non-hydrogen) atoms. The zero-order valence-corrected chi connectivity index (χ0v) is 12.4. The lowest BCUT2D eigenvalue weighted by atomic mass is 9.86. The number of unbranched alkanes of at least 4 members (excludes halogenated alkanes) is 6. The van der Waals surface area contributed by atoms with Crippen molar-refractivity contribution in [1.82, 2.24) is 0 Å². The summed E-state index contributed by atoms with van der Waals surface area (Å²) in [6.07, 6.45) is 12.5. The van der Waals surface area contributed by atoms with E-state index in [9.17, 15) is 4.79 Å². The van der Waals surface area contributed by atoms with Gasteiger partial charge in [-0.1, -0.05) is 39.0 Å². The summed E-state index contributed by atoms with van der Waals surface area (Å²) in [5, 5.41) is 0. The summed E-state index contributed by atoms with van der Waals surface area (Å²) in [5.74, 6) is 6.54. The number of ether oxygens (including phenoxy) is 1. The van der Waals surface area contributed by atoms with Crippen molar-refractivity contribution in [3.8, 4) is 11.8 Å². The second-order valence-corrected chi connectivity index (χ2v) is 5.37. The second kappa shape index (κ2) is 10.9. The summed E-state index contributed by atoms with van der Waals surface area (Å²) < 4.78 is 5.26. The van der Waals surface area contributed by atoms with Crippen LogP contribution in [0.25, 0.3) is 0 Å². The average molecular weight is 264 g/mol. The summed E-state index contributed by atoms with van der Waals surface area (Å²) in [6, 6.07) is 0. The Balaban J connectivity index is 1.77. The molecule has 0 N–H and O–H groups in total. The molecular weight excluding hydrogens is 236 g/mol. The molecule has 0 aliphatic heterocycles. The van der Waals surface area contributed by atoms with Gasteiger partial charge in [0.25, 0.3) is 0 Å². The van der Waals surface area contributed by atoms with Gasteiger partial charge in [0, 0.05) is 12.8 Å². The Hall–Kier alpha value is -0.970. The molecule has 0 spiro atoms. The topological polar surface area (TPSA) is 26.3 Å². The van der Waals surface area contributed by atoms with Crippen molar-refractivity contribution in [3.05, 3.63) is 0 Å². The molecule has 0 heterocycles. The van der Waals surface area contributed by atoms with Gasteiger partial charge < -0.3 is 4.74 Å². The monoisotopic (exact) mass is 264 g/mol. The van der Waals surface area contributed by atoms with Crippen LogP contribution in [0.4, 0.5) is 0 Å². The Morgan fingerprint density at radius 3 is 2.37 bits per heavy atom. The zero-order valence-electron chi connectivity index (χ0n) is 12.4. The van der Waals surface area contributed by atoms with Gasteiger partial charge in [0.1, 0.15) is 0 Å². The van der Waals surface area contributed by atoms with E-state index in [1.165, 1.54) is 38.5 Å². The lowest BCUT2D eigenvalue weighted by Crippen LogP contribution is -2.24. The highest BCUT2D eigenvalue weighted by molar-refractivity contribution is 5.73. The number of esters is 1. The van der Waals surface area contributed by atoms with Crippen molar-refractivity contribution in [1.29, 1.82) is 0 Å². The van der Waals surface area contributed by atoms with Gasteiger partial charge in [0.05, 0.1) is 12.5 Å². The first-order chi connectivity index (χ1) is 9.34. The van der Waals surface area contributed by atoms with Crippen LogP contribution in [0, 0.1) is 17.8 Å². The molecule has 2 heteroatoms. The van der Waals surface area contributed by atoms with E-state index in [4.69, 9.17) is 4.74 Å². The Morgan fingerprint density at radius 2 is 1.74 bits per heavy atom. The summed E-state index contributed by atoms with van der Waals surface area (Å²) in [6.45, 7) is 2.71. The van der Waals surface area contributed by atoms with E-state index in [-0.39, 0.29) is 11.9 Å². The minimum Gasteiger partial charge on any atom is -0.465 e. The molecule has 0 aromatic carbocycles. The molecule has 108 valence electrons. The van der Waals surface area contributed by atoms with E-state index in [2.05, 4.69) is 18.8 Å². The van der Waals surface area contributed by atoms with Crippen LogP contribution in [-0.4, -0.2) is 12.6 Å². The predicted molar refractivity (Wildman–Crippen MR) is 78.7 cm³/mol. The number of carbonyl (C=O) groups is 1. The van der Waals surface area contributed by atoms with Crippen LogP contribution in [-0.2, 0) is 9.53 Å². The molecule has 0 aromatic heterocycles. The largest absolute Gasteiger partial charge is 0.465 e. The number of carbonyl (C=O) groups excluding carboxylic acids is 1. The summed E-state index contributed by atoms with van der Waals surface area (Å²) in [5.41, 5.74) is 0. The standard InChI is InChI=1S/C17H28O2/c1-2-3-4-5-6-7-8-9-10-11-15-19-17(18)16-13-12-14-16/h16H,2,5-15H2,1H3. The Morgan fingerprint density at radius 1 is 1.05 bits per heavy atom. The molecule has 0 saturated heterocycles. The normalized spacial score (nSPS) is 14.4. The molecule has 0 bridgehead atoms. The Kier molecular flexibility index (Phi) is 9.23. The molecule has 1 fully saturated rings. The summed E-state index contributed by atoms with van der Waals surface area (Å²) >= 11 is 0. The van der Waals surface area contributed by atoms with Crippen LogP contribution >= 0.6 is 0 Å². The van der Waals surface area contributed by atoms with Gasteiger partial charge in [0.15, 0.2) is 0 Å². The molecular formula is C17H28O2. The third kappa shape index (κ3) is 7.93. The van der Waals surface area contributed by atoms with Crippen molar-refractivity contribution < 1.29 is 9.53 Å². The zero-order chi connectivity index (χ0) is 13.8. The second-order valence-electron chi connectivity index (χ2n) is 5.37. The highest BCUT2D eigenvalue weighted by atomic mass is 16.5. The van der Waals surface area contributed by atoms with Crippen LogP contribution in [0.3, 0.4) is 0 Å². The number of hydrogen-bond acceptors (Lipinski definition) is 2. The van der Waals surface area contributed by atoms with E-state index in [0.717, 1.165) is 32.1 Å². The SMILES string of the molecule is CCC#CCCCCCCCCOC(=O)C1CCC1. The fourth-order valence-electron chi connectivity index (χ4n) is 2.17. The predicted octanol–water partition coefficient (Wildman–Crippen LogP) is 4.47. The Bertz CT molecular complexity index is 294. The van der Waals surface area contributed by atoms with Gasteiger partial charge >= 0.3 is 5.97 Å². The first kappa shape index (κ1) is 16.1. The maximum atomic E-state index is 11.5. The van der Waals surface area contributed by atoms with E-state index in [0.29, 0.717) is 6.61 Å². The van der Waals surface area contributed by atoms with E-state index < -0.39 is 0 Å². The summed E-state index contributed by atoms with van der Waals surface area (Å²) in [4.78, 5) is 11.5. The molecule has 1 saturated carbocycles. The van der Waals surface area contributed by atoms with Gasteiger partial charge in [-0.05, 0) is 25.7 Å². The highest BCUT2D eigenvalue weighted by Gasteiger charge is 2.26. The molecule has 1 aliphatic carbocycles. The van der Waals surface area contributed by atoms with E-state index in [1.807, 2.05) is 0 Å². The molecule has 0 atom stereocenters. The van der Waals surface area contributed by atoms with Gasteiger partial charge in [-0.15, -0.1) is 11.8 Å². The quantitative estimate of drug-likeness (QED) is 0.349.